The van der Waals surface area contributed by atoms with Crippen LogP contribution in [0.5, 0.6) is 0 Å². The lowest BCUT2D eigenvalue weighted by Crippen LogP contribution is -2.37. The first kappa shape index (κ1) is 19.2. The fourth-order valence-corrected chi connectivity index (χ4v) is 3.62. The minimum absolute atomic E-state index is 0.0169. The van der Waals surface area contributed by atoms with E-state index in [2.05, 4.69) is 4.98 Å². The van der Waals surface area contributed by atoms with E-state index in [-0.39, 0.29) is 29.5 Å². The minimum atomic E-state index is -1.13. The minimum Gasteiger partial charge on any atom is -0.373 e. The van der Waals surface area contributed by atoms with Gasteiger partial charge >= 0.3 is 0 Å². The van der Waals surface area contributed by atoms with E-state index >= 15 is 0 Å². The summed E-state index contributed by atoms with van der Waals surface area (Å²) >= 11 is 0. The predicted octanol–water partition coefficient (Wildman–Crippen LogP) is 3.60. The molecule has 4 rings (SSSR count). The molecule has 0 spiro atoms. The number of fused-ring (bicyclic) bond motifs is 3. The Hall–Kier alpha value is -3.13. The molecule has 0 saturated carbocycles. The van der Waals surface area contributed by atoms with Crippen molar-refractivity contribution in [2.45, 2.75) is 19.6 Å². The Kier molecular flexibility index (Phi) is 4.66. The third-order valence-electron chi connectivity index (χ3n) is 5.25. The van der Waals surface area contributed by atoms with Crippen LogP contribution in [0.15, 0.2) is 35.1 Å². The van der Waals surface area contributed by atoms with Gasteiger partial charge in [0.25, 0.3) is 11.5 Å². The number of aromatic amines is 1. The zero-order chi connectivity index (χ0) is 20.9. The van der Waals surface area contributed by atoms with Gasteiger partial charge in [-0.05, 0) is 42.1 Å². The van der Waals surface area contributed by atoms with Crippen LogP contribution in [0.2, 0.25) is 0 Å². The van der Waals surface area contributed by atoms with Gasteiger partial charge in [-0.3, -0.25) is 9.59 Å². The summed E-state index contributed by atoms with van der Waals surface area (Å²) in [6.07, 6.45) is 0. The van der Waals surface area contributed by atoms with Crippen molar-refractivity contribution in [1.29, 1.82) is 0 Å². The summed E-state index contributed by atoms with van der Waals surface area (Å²) in [6.45, 7) is 1.75. The predicted molar refractivity (Wildman–Crippen MR) is 100 cm³/mol. The number of hydrogen-bond acceptors (Lipinski definition) is 3. The second kappa shape index (κ2) is 7.04. The highest BCUT2D eigenvalue weighted by Crippen LogP contribution is 2.34. The number of rotatable bonds is 2. The summed E-state index contributed by atoms with van der Waals surface area (Å²) in [5, 5.41) is 0.197. The third-order valence-corrected chi connectivity index (χ3v) is 5.25. The van der Waals surface area contributed by atoms with Crippen LogP contribution in [0.1, 0.15) is 33.2 Å². The van der Waals surface area contributed by atoms with Gasteiger partial charge in [-0.2, -0.15) is 0 Å². The van der Waals surface area contributed by atoms with Crippen LogP contribution in [-0.2, 0) is 11.3 Å². The third kappa shape index (κ3) is 3.19. The van der Waals surface area contributed by atoms with E-state index in [1.54, 1.807) is 6.92 Å². The lowest BCUT2D eigenvalue weighted by atomic mass is 9.95. The van der Waals surface area contributed by atoms with Crippen LogP contribution in [-0.4, -0.2) is 29.4 Å². The van der Waals surface area contributed by atoms with Gasteiger partial charge in [0.1, 0.15) is 5.82 Å². The van der Waals surface area contributed by atoms with Gasteiger partial charge in [0.05, 0.1) is 24.6 Å². The quantitative estimate of drug-likeness (QED) is 0.713. The normalized spacial score (nSPS) is 16.0. The second-order valence-electron chi connectivity index (χ2n) is 7.07. The largest absolute Gasteiger partial charge is 0.373 e. The molecule has 0 fully saturated rings. The number of aryl methyl sites for hydroxylation is 1. The number of benzene rings is 2. The van der Waals surface area contributed by atoms with Crippen molar-refractivity contribution in [3.05, 3.63) is 80.5 Å². The average Bonchev–Trinajstić information content (AvgIpc) is 2.70. The fraction of sp³-hybridized carbons (Fsp3) is 0.238. The molecule has 3 aromatic rings. The van der Waals surface area contributed by atoms with Crippen LogP contribution in [0.25, 0.3) is 10.8 Å². The smallest absolute Gasteiger partial charge is 0.256 e. The first-order valence-corrected chi connectivity index (χ1v) is 8.92. The molecule has 2 aromatic carbocycles. The van der Waals surface area contributed by atoms with Crippen LogP contribution >= 0.6 is 0 Å². The maximum Gasteiger partial charge on any atom is 0.256 e. The van der Waals surface area contributed by atoms with Crippen LogP contribution < -0.4 is 5.56 Å². The lowest BCUT2D eigenvalue weighted by Gasteiger charge is -2.34. The molecule has 0 bridgehead atoms. The highest BCUT2D eigenvalue weighted by Gasteiger charge is 2.31. The number of amides is 1. The van der Waals surface area contributed by atoms with Gasteiger partial charge in [-0.1, -0.05) is 6.07 Å². The van der Waals surface area contributed by atoms with E-state index < -0.39 is 35.0 Å². The summed E-state index contributed by atoms with van der Waals surface area (Å²) in [7, 11) is 1.51. The summed E-state index contributed by atoms with van der Waals surface area (Å²) in [6, 6.07) is 5.29. The van der Waals surface area contributed by atoms with Gasteiger partial charge in [-0.15, -0.1) is 0 Å². The Balaban J connectivity index is 1.84. The Morgan fingerprint density at radius 2 is 1.79 bits per heavy atom. The Bertz CT molecular complexity index is 1210. The highest BCUT2D eigenvalue weighted by atomic mass is 19.2. The summed E-state index contributed by atoms with van der Waals surface area (Å²) in [5.74, 6) is -3.19. The number of carbonyl (C=O) groups excluding carboxylic acids is 1. The number of halogens is 3. The van der Waals surface area contributed by atoms with Crippen molar-refractivity contribution >= 4 is 16.7 Å². The Labute approximate surface area is 163 Å². The topological polar surface area (TPSA) is 62.4 Å². The van der Waals surface area contributed by atoms with Crippen molar-refractivity contribution in [3.8, 4) is 0 Å². The Morgan fingerprint density at radius 3 is 2.48 bits per heavy atom. The summed E-state index contributed by atoms with van der Waals surface area (Å²) < 4.78 is 47.0. The number of nitrogens with one attached hydrogen (secondary N) is 1. The van der Waals surface area contributed by atoms with Crippen LogP contribution in [0.4, 0.5) is 13.2 Å². The van der Waals surface area contributed by atoms with E-state index in [9.17, 15) is 22.8 Å². The van der Waals surface area contributed by atoms with Crippen molar-refractivity contribution in [2.75, 3.05) is 13.7 Å². The lowest BCUT2D eigenvalue weighted by molar-refractivity contribution is 0.0335. The van der Waals surface area contributed by atoms with Crippen molar-refractivity contribution < 1.29 is 22.7 Å². The SMILES string of the molecule is Cc1ccc(C(=O)N(C)[C@H]2COCc3[nH]c(=O)c4cc(F)c(F)cc4c32)cc1F. The molecule has 0 radical (unpaired) electrons. The van der Waals surface area contributed by atoms with E-state index in [0.717, 1.165) is 18.2 Å². The zero-order valence-corrected chi connectivity index (χ0v) is 15.7. The molecule has 1 amide bonds. The number of H-pyrrole nitrogens is 1. The number of aromatic nitrogens is 1. The zero-order valence-electron chi connectivity index (χ0n) is 15.7. The van der Waals surface area contributed by atoms with E-state index in [1.807, 2.05) is 0 Å². The number of likely N-dealkylation sites (N-methyl/N-ethyl adjacent to an activating group) is 1. The molecule has 0 saturated heterocycles. The molecule has 1 aliphatic rings. The van der Waals surface area contributed by atoms with E-state index in [4.69, 9.17) is 4.74 Å². The molecule has 1 N–H and O–H groups in total. The van der Waals surface area contributed by atoms with E-state index in [1.165, 1.54) is 24.1 Å². The molecule has 0 aliphatic carbocycles. The van der Waals surface area contributed by atoms with Gasteiger partial charge in [0.15, 0.2) is 11.6 Å². The second-order valence-corrected chi connectivity index (χ2v) is 7.07. The molecular weight excluding hydrogens is 385 g/mol. The van der Waals surface area contributed by atoms with Gasteiger partial charge in [0.2, 0.25) is 0 Å². The molecule has 0 unspecified atom stereocenters. The fourth-order valence-electron chi connectivity index (χ4n) is 3.62. The Morgan fingerprint density at radius 1 is 1.10 bits per heavy atom. The molecular formula is C21H17F3N2O3. The molecule has 1 aromatic heterocycles. The number of nitrogens with zero attached hydrogens (tertiary/aromatic N) is 1. The van der Waals surface area contributed by atoms with Crippen LogP contribution in [0.3, 0.4) is 0 Å². The highest BCUT2D eigenvalue weighted by molar-refractivity contribution is 5.95. The molecule has 1 atom stereocenters. The van der Waals surface area contributed by atoms with Gasteiger partial charge < -0.3 is 14.6 Å². The van der Waals surface area contributed by atoms with Crippen molar-refractivity contribution in [1.82, 2.24) is 9.88 Å². The maximum absolute atomic E-state index is 13.9. The number of carbonyl (C=O) groups is 1. The van der Waals surface area contributed by atoms with Crippen LogP contribution in [0, 0.1) is 24.4 Å². The average molecular weight is 402 g/mol. The number of pyridine rings is 1. The molecule has 29 heavy (non-hydrogen) atoms. The summed E-state index contributed by atoms with van der Waals surface area (Å²) in [4.78, 5) is 29.2. The van der Waals surface area contributed by atoms with Crippen molar-refractivity contribution in [3.63, 3.8) is 0 Å². The van der Waals surface area contributed by atoms with Gasteiger partial charge in [0, 0.05) is 23.9 Å². The maximum atomic E-state index is 13.9. The first-order chi connectivity index (χ1) is 13.8. The monoisotopic (exact) mass is 402 g/mol. The molecule has 1 aliphatic heterocycles. The standard InChI is InChI=1S/C21H17F3N2O3/c1-10-3-4-11(5-14(10)22)21(28)26(2)18-9-29-8-17-19(18)12-6-15(23)16(24)7-13(12)20(27)25-17/h3-7,18H,8-9H2,1-2H3,(H,25,27)/t18-/m0/s1. The summed E-state index contributed by atoms with van der Waals surface area (Å²) in [5.41, 5.74) is 0.856. The molecule has 150 valence electrons. The molecule has 2 heterocycles. The molecule has 5 nitrogen and oxygen atoms in total. The molecule has 8 heteroatoms. The number of hydrogen-bond donors (Lipinski definition) is 1. The first-order valence-electron chi connectivity index (χ1n) is 8.92. The van der Waals surface area contributed by atoms with Crippen molar-refractivity contribution in [2.24, 2.45) is 0 Å². The number of ether oxygens (including phenoxy) is 1. The van der Waals surface area contributed by atoms with Gasteiger partial charge in [-0.25, -0.2) is 13.2 Å². The van der Waals surface area contributed by atoms with E-state index in [0.29, 0.717) is 16.8 Å².